The molecular weight excluding hydrogens is 304 g/mol. The van der Waals surface area contributed by atoms with E-state index in [4.69, 9.17) is 4.98 Å². The van der Waals surface area contributed by atoms with Crippen molar-refractivity contribution in [3.05, 3.63) is 30.1 Å². The van der Waals surface area contributed by atoms with Gasteiger partial charge < -0.3 is 14.8 Å². The van der Waals surface area contributed by atoms with Crippen LogP contribution < -0.4 is 5.32 Å². The minimum Gasteiger partial charge on any atom is -0.354 e. The SMILES string of the molecule is CCCc1nc2ccccc2n1[C@@H](C)C(=O)N1CCCNC(=O)C1. The number of amides is 2. The normalized spacial score (nSPS) is 16.8. The Bertz CT molecular complexity index is 753. The quantitative estimate of drug-likeness (QED) is 0.932. The van der Waals surface area contributed by atoms with Crippen LogP contribution in [-0.4, -0.2) is 45.9 Å². The van der Waals surface area contributed by atoms with Gasteiger partial charge in [0.2, 0.25) is 11.8 Å². The lowest BCUT2D eigenvalue weighted by Crippen LogP contribution is -2.41. The standard InChI is InChI=1S/C18H24N4O2/c1-3-7-16-20-14-8-4-5-9-15(14)22(16)13(2)18(24)21-11-6-10-19-17(23)12-21/h4-5,8-9,13H,3,6-7,10-12H2,1-2H3,(H,19,23)/t13-/m0/s1. The summed E-state index contributed by atoms with van der Waals surface area (Å²) in [5.74, 6) is 0.823. The maximum absolute atomic E-state index is 13.0. The number of nitrogens with one attached hydrogen (secondary N) is 1. The van der Waals surface area contributed by atoms with Crippen LogP contribution in [0.1, 0.15) is 38.6 Å². The summed E-state index contributed by atoms with van der Waals surface area (Å²) < 4.78 is 2.03. The zero-order chi connectivity index (χ0) is 17.1. The maximum atomic E-state index is 13.0. The highest BCUT2D eigenvalue weighted by Crippen LogP contribution is 2.23. The van der Waals surface area contributed by atoms with Gasteiger partial charge in [0.25, 0.3) is 0 Å². The minimum absolute atomic E-state index is 0.0208. The Morgan fingerprint density at radius 2 is 2.17 bits per heavy atom. The molecule has 1 aromatic heterocycles. The van der Waals surface area contributed by atoms with Crippen molar-refractivity contribution in [3.63, 3.8) is 0 Å². The van der Waals surface area contributed by atoms with Crippen LogP contribution in [0.5, 0.6) is 0 Å². The molecule has 1 fully saturated rings. The van der Waals surface area contributed by atoms with E-state index in [0.29, 0.717) is 13.1 Å². The monoisotopic (exact) mass is 328 g/mol. The Hall–Kier alpha value is -2.37. The first-order chi connectivity index (χ1) is 11.6. The number of fused-ring (bicyclic) bond motifs is 1. The van der Waals surface area contributed by atoms with Crippen molar-refractivity contribution in [2.75, 3.05) is 19.6 Å². The number of carbonyl (C=O) groups is 2. The summed E-state index contributed by atoms with van der Waals surface area (Å²) in [4.78, 5) is 31.1. The number of rotatable bonds is 4. The van der Waals surface area contributed by atoms with Crippen molar-refractivity contribution in [2.45, 2.75) is 39.2 Å². The van der Waals surface area contributed by atoms with E-state index in [1.165, 1.54) is 0 Å². The first kappa shape index (κ1) is 16.5. The number of aryl methyl sites for hydroxylation is 1. The topological polar surface area (TPSA) is 67.2 Å². The second-order valence-electron chi connectivity index (χ2n) is 6.28. The van der Waals surface area contributed by atoms with Gasteiger partial charge in [-0.3, -0.25) is 9.59 Å². The molecule has 1 saturated heterocycles. The van der Waals surface area contributed by atoms with Gasteiger partial charge in [-0.25, -0.2) is 4.98 Å². The summed E-state index contributed by atoms with van der Waals surface area (Å²) in [7, 11) is 0. The highest BCUT2D eigenvalue weighted by Gasteiger charge is 2.27. The Morgan fingerprint density at radius 3 is 2.96 bits per heavy atom. The van der Waals surface area contributed by atoms with Crippen LogP contribution in [0.15, 0.2) is 24.3 Å². The molecule has 1 aliphatic heterocycles. The molecule has 1 N–H and O–H groups in total. The summed E-state index contributed by atoms with van der Waals surface area (Å²) in [6.45, 7) is 5.39. The Labute approximate surface area is 141 Å². The van der Waals surface area contributed by atoms with E-state index in [2.05, 4.69) is 12.2 Å². The van der Waals surface area contributed by atoms with Crippen LogP contribution in [0.4, 0.5) is 0 Å². The lowest BCUT2D eigenvalue weighted by Gasteiger charge is -2.25. The third-order valence-electron chi connectivity index (χ3n) is 4.46. The second-order valence-corrected chi connectivity index (χ2v) is 6.28. The number of aromatic nitrogens is 2. The van der Waals surface area contributed by atoms with Gasteiger partial charge in [-0.2, -0.15) is 0 Å². The van der Waals surface area contributed by atoms with Gasteiger partial charge >= 0.3 is 0 Å². The van der Waals surface area contributed by atoms with Crippen molar-refractivity contribution < 1.29 is 9.59 Å². The summed E-state index contributed by atoms with van der Waals surface area (Å²) in [5, 5.41) is 2.81. The Morgan fingerprint density at radius 1 is 1.38 bits per heavy atom. The van der Waals surface area contributed by atoms with Gasteiger partial charge in [0.15, 0.2) is 0 Å². The summed E-state index contributed by atoms with van der Waals surface area (Å²) in [6, 6.07) is 7.53. The summed E-state index contributed by atoms with van der Waals surface area (Å²) in [5.41, 5.74) is 1.88. The molecule has 128 valence electrons. The Kier molecular flexibility index (Phi) is 4.83. The van der Waals surface area contributed by atoms with E-state index in [9.17, 15) is 9.59 Å². The molecule has 0 aliphatic carbocycles. The fourth-order valence-corrected chi connectivity index (χ4v) is 3.30. The number of imidazole rings is 1. The largest absolute Gasteiger partial charge is 0.354 e. The predicted octanol–water partition coefficient (Wildman–Crippen LogP) is 1.90. The molecule has 2 amide bonds. The molecule has 0 spiro atoms. The molecule has 0 saturated carbocycles. The fourth-order valence-electron chi connectivity index (χ4n) is 3.30. The summed E-state index contributed by atoms with van der Waals surface area (Å²) >= 11 is 0. The highest BCUT2D eigenvalue weighted by molar-refractivity contribution is 5.88. The smallest absolute Gasteiger partial charge is 0.245 e. The fraction of sp³-hybridized carbons (Fsp3) is 0.500. The third-order valence-corrected chi connectivity index (χ3v) is 4.46. The van der Waals surface area contributed by atoms with Gasteiger partial charge in [0.1, 0.15) is 11.9 Å². The predicted molar refractivity (Wildman–Crippen MR) is 92.6 cm³/mol. The first-order valence-electron chi connectivity index (χ1n) is 8.63. The number of nitrogens with zero attached hydrogens (tertiary/aromatic N) is 3. The molecule has 24 heavy (non-hydrogen) atoms. The number of carbonyl (C=O) groups excluding carboxylic acids is 2. The lowest BCUT2D eigenvalue weighted by atomic mass is 10.2. The van der Waals surface area contributed by atoms with E-state index < -0.39 is 0 Å². The molecule has 6 heteroatoms. The molecule has 0 radical (unpaired) electrons. The van der Waals surface area contributed by atoms with E-state index in [0.717, 1.165) is 36.1 Å². The van der Waals surface area contributed by atoms with E-state index in [-0.39, 0.29) is 24.4 Å². The van der Waals surface area contributed by atoms with Gasteiger partial charge in [-0.1, -0.05) is 19.1 Å². The van der Waals surface area contributed by atoms with Gasteiger partial charge in [0, 0.05) is 19.5 Å². The third kappa shape index (κ3) is 3.13. The average Bonchev–Trinajstić information content (AvgIpc) is 2.79. The van der Waals surface area contributed by atoms with E-state index in [1.54, 1.807) is 4.90 Å². The average molecular weight is 328 g/mol. The molecule has 2 heterocycles. The summed E-state index contributed by atoms with van der Waals surface area (Å²) in [6.07, 6.45) is 2.58. The van der Waals surface area contributed by atoms with Crippen LogP contribution in [-0.2, 0) is 16.0 Å². The zero-order valence-corrected chi connectivity index (χ0v) is 14.3. The zero-order valence-electron chi connectivity index (χ0n) is 14.3. The minimum atomic E-state index is -0.371. The molecule has 6 nitrogen and oxygen atoms in total. The van der Waals surface area contributed by atoms with Gasteiger partial charge in [-0.15, -0.1) is 0 Å². The Balaban J connectivity index is 1.94. The number of hydrogen-bond donors (Lipinski definition) is 1. The lowest BCUT2D eigenvalue weighted by molar-refractivity contribution is -0.137. The molecule has 0 unspecified atom stereocenters. The number of hydrogen-bond acceptors (Lipinski definition) is 3. The molecule has 2 aromatic rings. The van der Waals surface area contributed by atoms with Crippen LogP contribution in [0.2, 0.25) is 0 Å². The highest BCUT2D eigenvalue weighted by atomic mass is 16.2. The maximum Gasteiger partial charge on any atom is 0.245 e. The van der Waals surface area contributed by atoms with Crippen LogP contribution in [0.25, 0.3) is 11.0 Å². The second kappa shape index (κ2) is 7.03. The molecule has 3 rings (SSSR count). The number of benzene rings is 1. The van der Waals surface area contributed by atoms with Crippen molar-refractivity contribution in [1.29, 1.82) is 0 Å². The molecule has 1 atom stereocenters. The molecule has 1 aliphatic rings. The van der Waals surface area contributed by atoms with Crippen molar-refractivity contribution >= 4 is 22.8 Å². The molecule has 0 bridgehead atoms. The van der Waals surface area contributed by atoms with E-state index >= 15 is 0 Å². The van der Waals surface area contributed by atoms with Gasteiger partial charge in [0.05, 0.1) is 17.6 Å². The van der Waals surface area contributed by atoms with E-state index in [1.807, 2.05) is 35.8 Å². The van der Waals surface area contributed by atoms with Crippen LogP contribution in [0, 0.1) is 0 Å². The number of para-hydroxylation sites is 2. The van der Waals surface area contributed by atoms with Crippen LogP contribution >= 0.6 is 0 Å². The van der Waals surface area contributed by atoms with Gasteiger partial charge in [-0.05, 0) is 31.9 Å². The molecular formula is C18H24N4O2. The van der Waals surface area contributed by atoms with Crippen molar-refractivity contribution in [1.82, 2.24) is 19.8 Å². The van der Waals surface area contributed by atoms with Crippen LogP contribution in [0.3, 0.4) is 0 Å². The molecule has 1 aromatic carbocycles. The van der Waals surface area contributed by atoms with Crippen molar-refractivity contribution in [3.8, 4) is 0 Å². The first-order valence-corrected chi connectivity index (χ1v) is 8.63. The van der Waals surface area contributed by atoms with Crippen molar-refractivity contribution in [2.24, 2.45) is 0 Å².